The van der Waals surface area contributed by atoms with Crippen LogP contribution in [-0.4, -0.2) is 21.4 Å². The Balaban J connectivity index is 1.72. The van der Waals surface area contributed by atoms with E-state index in [1.807, 2.05) is 62.7 Å². The molecule has 0 radical (unpaired) electrons. The van der Waals surface area contributed by atoms with Crippen molar-refractivity contribution < 1.29 is 4.79 Å². The lowest BCUT2D eigenvalue weighted by atomic mass is 10.1. The standard InChI is InChI=1S/C24H24N4O/c1-15-9-11-20(12-10-15)27-19(5)22(17(3)25-27)14-23-18(4)26-28(24(23)29)21-8-6-7-16(2)13-21/h6-14H,1-5H3/b23-14+. The van der Waals surface area contributed by atoms with Crippen molar-refractivity contribution in [2.24, 2.45) is 5.10 Å². The molecule has 2 heterocycles. The van der Waals surface area contributed by atoms with Gasteiger partial charge in [-0.15, -0.1) is 0 Å². The summed E-state index contributed by atoms with van der Waals surface area (Å²) >= 11 is 0. The Morgan fingerprint density at radius 3 is 2.28 bits per heavy atom. The minimum absolute atomic E-state index is 0.116. The van der Waals surface area contributed by atoms with E-state index < -0.39 is 0 Å². The molecular formula is C24H24N4O. The number of carbonyl (C=O) groups excluding carboxylic acids is 1. The monoisotopic (exact) mass is 384 g/mol. The van der Waals surface area contributed by atoms with Gasteiger partial charge in [-0.3, -0.25) is 4.79 Å². The predicted octanol–water partition coefficient (Wildman–Crippen LogP) is 4.91. The van der Waals surface area contributed by atoms with Crippen molar-refractivity contribution in [3.05, 3.63) is 82.2 Å². The Labute approximate surface area is 171 Å². The summed E-state index contributed by atoms with van der Waals surface area (Å²) in [7, 11) is 0. The van der Waals surface area contributed by atoms with E-state index in [2.05, 4.69) is 36.3 Å². The van der Waals surface area contributed by atoms with Gasteiger partial charge in [0.25, 0.3) is 5.91 Å². The molecule has 1 aliphatic heterocycles. The number of aromatic nitrogens is 2. The van der Waals surface area contributed by atoms with E-state index in [9.17, 15) is 4.79 Å². The number of carbonyl (C=O) groups is 1. The van der Waals surface area contributed by atoms with E-state index in [0.717, 1.165) is 33.9 Å². The zero-order chi connectivity index (χ0) is 20.7. The molecule has 5 nitrogen and oxygen atoms in total. The fourth-order valence-electron chi connectivity index (χ4n) is 3.56. The average molecular weight is 384 g/mol. The molecule has 0 N–H and O–H groups in total. The van der Waals surface area contributed by atoms with E-state index in [1.54, 1.807) is 0 Å². The Kier molecular flexibility index (Phi) is 4.66. The summed E-state index contributed by atoms with van der Waals surface area (Å²) in [4.78, 5) is 13.1. The molecule has 0 fully saturated rings. The second-order valence-corrected chi connectivity index (χ2v) is 7.53. The number of nitrogens with zero attached hydrogens (tertiary/aromatic N) is 4. The maximum atomic E-state index is 13.1. The third-order valence-electron chi connectivity index (χ3n) is 5.22. The van der Waals surface area contributed by atoms with Crippen molar-refractivity contribution in [1.82, 2.24) is 9.78 Å². The fourth-order valence-corrected chi connectivity index (χ4v) is 3.56. The molecule has 0 saturated carbocycles. The topological polar surface area (TPSA) is 50.5 Å². The highest BCUT2D eigenvalue weighted by Gasteiger charge is 2.29. The highest BCUT2D eigenvalue weighted by molar-refractivity contribution is 6.32. The number of amides is 1. The van der Waals surface area contributed by atoms with Crippen molar-refractivity contribution >= 4 is 23.4 Å². The SMILES string of the molecule is CC1=NN(c2cccc(C)c2)C(=O)/C1=C/c1c(C)nn(-c2ccc(C)cc2)c1C. The number of benzene rings is 2. The van der Waals surface area contributed by atoms with Crippen LogP contribution in [0.5, 0.6) is 0 Å². The van der Waals surface area contributed by atoms with Crippen LogP contribution >= 0.6 is 0 Å². The lowest BCUT2D eigenvalue weighted by Gasteiger charge is -2.12. The predicted molar refractivity (Wildman–Crippen MR) is 118 cm³/mol. The van der Waals surface area contributed by atoms with Crippen LogP contribution in [-0.2, 0) is 4.79 Å². The van der Waals surface area contributed by atoms with Gasteiger partial charge in [0.15, 0.2) is 0 Å². The first-order chi connectivity index (χ1) is 13.8. The van der Waals surface area contributed by atoms with Gasteiger partial charge in [0, 0.05) is 11.3 Å². The molecule has 29 heavy (non-hydrogen) atoms. The molecule has 0 spiro atoms. The van der Waals surface area contributed by atoms with Crippen LogP contribution in [0.3, 0.4) is 0 Å². The summed E-state index contributed by atoms with van der Waals surface area (Å²) in [5.41, 5.74) is 8.21. The summed E-state index contributed by atoms with van der Waals surface area (Å²) in [5.74, 6) is -0.116. The summed E-state index contributed by atoms with van der Waals surface area (Å²) in [6, 6.07) is 16.0. The Morgan fingerprint density at radius 1 is 0.862 bits per heavy atom. The Morgan fingerprint density at radius 2 is 1.59 bits per heavy atom. The highest BCUT2D eigenvalue weighted by Crippen LogP contribution is 2.27. The van der Waals surface area contributed by atoms with Crippen LogP contribution in [0.4, 0.5) is 5.69 Å². The normalized spacial score (nSPS) is 15.3. The van der Waals surface area contributed by atoms with E-state index in [0.29, 0.717) is 11.3 Å². The van der Waals surface area contributed by atoms with Gasteiger partial charge in [0.1, 0.15) is 0 Å². The van der Waals surface area contributed by atoms with Gasteiger partial charge in [-0.05, 0) is 70.5 Å². The Bertz CT molecular complexity index is 1170. The van der Waals surface area contributed by atoms with Crippen LogP contribution < -0.4 is 5.01 Å². The molecule has 2 aromatic carbocycles. The smallest absolute Gasteiger partial charge is 0.267 e. The molecule has 146 valence electrons. The molecule has 1 amide bonds. The van der Waals surface area contributed by atoms with Gasteiger partial charge in [-0.2, -0.15) is 15.2 Å². The van der Waals surface area contributed by atoms with Crippen molar-refractivity contribution in [3.63, 3.8) is 0 Å². The van der Waals surface area contributed by atoms with Crippen molar-refractivity contribution in [1.29, 1.82) is 0 Å². The van der Waals surface area contributed by atoms with Gasteiger partial charge in [0.2, 0.25) is 0 Å². The zero-order valence-corrected chi connectivity index (χ0v) is 17.4. The number of aryl methyl sites for hydroxylation is 3. The van der Waals surface area contributed by atoms with E-state index in [4.69, 9.17) is 5.10 Å². The number of hydrogen-bond donors (Lipinski definition) is 0. The molecule has 0 aliphatic carbocycles. The van der Waals surface area contributed by atoms with E-state index >= 15 is 0 Å². The minimum Gasteiger partial charge on any atom is -0.267 e. The molecule has 3 aromatic rings. The fraction of sp³-hybridized carbons (Fsp3) is 0.208. The molecule has 0 saturated heterocycles. The zero-order valence-electron chi connectivity index (χ0n) is 17.4. The van der Waals surface area contributed by atoms with E-state index in [-0.39, 0.29) is 5.91 Å². The van der Waals surface area contributed by atoms with Gasteiger partial charge in [-0.25, -0.2) is 4.68 Å². The quantitative estimate of drug-likeness (QED) is 0.602. The first kappa shape index (κ1) is 18.9. The van der Waals surface area contributed by atoms with E-state index in [1.165, 1.54) is 10.6 Å². The van der Waals surface area contributed by atoms with Crippen LogP contribution in [0.15, 0.2) is 59.2 Å². The lowest BCUT2D eigenvalue weighted by Crippen LogP contribution is -2.21. The van der Waals surface area contributed by atoms with Crippen LogP contribution in [0.2, 0.25) is 0 Å². The highest BCUT2D eigenvalue weighted by atomic mass is 16.2. The Hall–Kier alpha value is -3.47. The molecule has 1 aromatic heterocycles. The largest absolute Gasteiger partial charge is 0.280 e. The molecule has 0 unspecified atom stereocenters. The maximum Gasteiger partial charge on any atom is 0.280 e. The molecule has 4 rings (SSSR count). The van der Waals surface area contributed by atoms with Crippen molar-refractivity contribution in [2.45, 2.75) is 34.6 Å². The summed E-state index contributed by atoms with van der Waals surface area (Å²) in [6.45, 7) is 9.93. The first-order valence-electron chi connectivity index (χ1n) is 9.67. The van der Waals surface area contributed by atoms with Gasteiger partial charge >= 0.3 is 0 Å². The molecule has 0 atom stereocenters. The van der Waals surface area contributed by atoms with Gasteiger partial charge in [-0.1, -0.05) is 29.8 Å². The van der Waals surface area contributed by atoms with Crippen LogP contribution in [0.25, 0.3) is 11.8 Å². The maximum absolute atomic E-state index is 13.1. The summed E-state index contributed by atoms with van der Waals surface area (Å²) < 4.78 is 1.92. The van der Waals surface area contributed by atoms with Crippen LogP contribution in [0, 0.1) is 27.7 Å². The second-order valence-electron chi connectivity index (χ2n) is 7.53. The third-order valence-corrected chi connectivity index (χ3v) is 5.22. The lowest BCUT2D eigenvalue weighted by molar-refractivity contribution is -0.114. The third kappa shape index (κ3) is 3.40. The molecule has 1 aliphatic rings. The number of rotatable bonds is 3. The van der Waals surface area contributed by atoms with Crippen molar-refractivity contribution in [2.75, 3.05) is 5.01 Å². The average Bonchev–Trinajstić information content (AvgIpc) is 3.13. The number of hydrogen-bond acceptors (Lipinski definition) is 3. The number of anilines is 1. The van der Waals surface area contributed by atoms with Gasteiger partial charge in [0.05, 0.1) is 28.4 Å². The second kappa shape index (κ2) is 7.17. The van der Waals surface area contributed by atoms with Gasteiger partial charge < -0.3 is 0 Å². The summed E-state index contributed by atoms with van der Waals surface area (Å²) in [5, 5.41) is 10.7. The first-order valence-corrected chi connectivity index (χ1v) is 9.67. The number of hydrazone groups is 1. The molecule has 5 heteroatoms. The minimum atomic E-state index is -0.116. The summed E-state index contributed by atoms with van der Waals surface area (Å²) in [6.07, 6.45) is 1.92. The molecule has 0 bridgehead atoms. The molecular weight excluding hydrogens is 360 g/mol. The van der Waals surface area contributed by atoms with Crippen molar-refractivity contribution in [3.8, 4) is 5.69 Å². The van der Waals surface area contributed by atoms with Crippen LogP contribution in [0.1, 0.15) is 35.0 Å².